The molecule has 0 bridgehead atoms. The number of hydrogen-bond donors (Lipinski definition) is 2. The Morgan fingerprint density at radius 1 is 0.900 bits per heavy atom. The van der Waals surface area contributed by atoms with E-state index in [1.54, 1.807) is 12.1 Å². The minimum Gasteiger partial charge on any atom is -0.412 e. The molecule has 6 N–H and O–H groups in total. The van der Waals surface area contributed by atoms with Gasteiger partial charge in [-0.2, -0.15) is 0 Å². The molecule has 0 spiro atoms. The molecule has 0 heterocycles. The van der Waals surface area contributed by atoms with Crippen LogP contribution in [0.3, 0.4) is 0 Å². The number of hydrogen-bond acceptors (Lipinski definition) is 2. The topological polar surface area (TPSA) is 83.5 Å². The van der Waals surface area contributed by atoms with Crippen molar-refractivity contribution >= 4 is 23.8 Å². The maximum Gasteiger partial charge on any atom is 0.0547 e. The standard InChI is InChI=1S/C6H8N2.ClH.H2O/c7-5-3-1-2-4-6(5)8;;/h1-4H,7-8H2;1H;1H2. The first-order valence-electron chi connectivity index (χ1n) is 2.40. The Morgan fingerprint density at radius 2 is 1.20 bits per heavy atom. The highest BCUT2D eigenvalue weighted by molar-refractivity contribution is 5.85. The van der Waals surface area contributed by atoms with Gasteiger partial charge in [-0.1, -0.05) is 12.1 Å². The lowest BCUT2D eigenvalue weighted by Gasteiger charge is -1.94. The molecule has 3 nitrogen and oxygen atoms in total. The van der Waals surface area contributed by atoms with Crippen LogP contribution in [0.2, 0.25) is 0 Å². The quantitative estimate of drug-likeness (QED) is 0.543. The zero-order valence-electron chi connectivity index (χ0n) is 5.37. The van der Waals surface area contributed by atoms with Crippen LogP contribution in [0.25, 0.3) is 0 Å². The van der Waals surface area contributed by atoms with Gasteiger partial charge in [-0.15, -0.1) is 12.4 Å². The molecule has 10 heavy (non-hydrogen) atoms. The third-order valence-corrected chi connectivity index (χ3v) is 0.996. The molecule has 0 saturated carbocycles. The first-order chi connectivity index (χ1) is 3.80. The van der Waals surface area contributed by atoms with Crippen LogP contribution in [0, 0.1) is 0 Å². The highest BCUT2D eigenvalue weighted by Gasteiger charge is 1.85. The summed E-state index contributed by atoms with van der Waals surface area (Å²) in [6.45, 7) is 0. The van der Waals surface area contributed by atoms with E-state index < -0.39 is 0 Å². The van der Waals surface area contributed by atoms with Crippen molar-refractivity contribution < 1.29 is 5.48 Å². The van der Waals surface area contributed by atoms with Crippen LogP contribution in [0.1, 0.15) is 0 Å². The largest absolute Gasteiger partial charge is 0.412 e. The lowest BCUT2D eigenvalue weighted by Crippen LogP contribution is -1.91. The van der Waals surface area contributed by atoms with Crippen LogP contribution in [-0.4, -0.2) is 5.48 Å². The van der Waals surface area contributed by atoms with Gasteiger partial charge < -0.3 is 16.9 Å². The predicted octanol–water partition coefficient (Wildman–Crippen LogP) is 0.448. The Bertz CT molecular complexity index is 172. The van der Waals surface area contributed by atoms with Gasteiger partial charge in [0.15, 0.2) is 0 Å². The maximum absolute atomic E-state index is 5.39. The van der Waals surface area contributed by atoms with Gasteiger partial charge in [0.05, 0.1) is 11.4 Å². The number of halogens is 1. The zero-order chi connectivity index (χ0) is 5.98. The van der Waals surface area contributed by atoms with Crippen molar-refractivity contribution in [2.45, 2.75) is 0 Å². The molecule has 0 fully saturated rings. The molecule has 0 atom stereocenters. The number of rotatable bonds is 0. The number of nitrogen functional groups attached to an aromatic ring is 2. The van der Waals surface area contributed by atoms with Crippen molar-refractivity contribution in [3.8, 4) is 0 Å². The molecule has 0 aliphatic heterocycles. The van der Waals surface area contributed by atoms with E-state index in [0.29, 0.717) is 11.4 Å². The highest BCUT2D eigenvalue weighted by atomic mass is 35.5. The Balaban J connectivity index is 0. The van der Waals surface area contributed by atoms with Crippen LogP contribution >= 0.6 is 12.4 Å². The molecule has 58 valence electrons. The van der Waals surface area contributed by atoms with Gasteiger partial charge in [-0.05, 0) is 12.1 Å². The third kappa shape index (κ3) is 2.57. The first-order valence-corrected chi connectivity index (χ1v) is 2.40. The van der Waals surface area contributed by atoms with E-state index in [0.717, 1.165) is 0 Å². The molecule has 1 aromatic rings. The van der Waals surface area contributed by atoms with E-state index in [1.165, 1.54) is 0 Å². The average Bonchev–Trinajstić information content (AvgIpc) is 1.77. The lowest BCUT2D eigenvalue weighted by molar-refractivity contribution is 0.824. The zero-order valence-corrected chi connectivity index (χ0v) is 6.19. The maximum atomic E-state index is 5.39. The fraction of sp³-hybridized carbons (Fsp3) is 0. The molecule has 0 radical (unpaired) electrons. The lowest BCUT2D eigenvalue weighted by atomic mass is 10.3. The molecule has 1 rings (SSSR count). The number of benzene rings is 1. The van der Waals surface area contributed by atoms with Crippen molar-refractivity contribution in [1.82, 2.24) is 0 Å². The van der Waals surface area contributed by atoms with E-state index in [9.17, 15) is 0 Å². The van der Waals surface area contributed by atoms with Crippen LogP contribution < -0.4 is 11.5 Å². The molecular weight excluding hydrogens is 152 g/mol. The molecule has 0 unspecified atom stereocenters. The van der Waals surface area contributed by atoms with Crippen molar-refractivity contribution in [3.63, 3.8) is 0 Å². The monoisotopic (exact) mass is 162 g/mol. The van der Waals surface area contributed by atoms with Gasteiger partial charge >= 0.3 is 0 Å². The van der Waals surface area contributed by atoms with Gasteiger partial charge in [0, 0.05) is 0 Å². The molecule has 0 aliphatic carbocycles. The Hall–Kier alpha value is -0.930. The highest BCUT2D eigenvalue weighted by Crippen LogP contribution is 2.10. The number of anilines is 2. The van der Waals surface area contributed by atoms with Gasteiger partial charge in [0.2, 0.25) is 0 Å². The predicted molar refractivity (Wildman–Crippen MR) is 46.1 cm³/mol. The summed E-state index contributed by atoms with van der Waals surface area (Å²) in [7, 11) is 0. The minimum absolute atomic E-state index is 0. The van der Waals surface area contributed by atoms with Crippen LogP contribution in [0.15, 0.2) is 24.3 Å². The Labute approximate surface area is 65.7 Å². The Morgan fingerprint density at radius 3 is 1.40 bits per heavy atom. The fourth-order valence-corrected chi connectivity index (χ4v) is 0.511. The third-order valence-electron chi connectivity index (χ3n) is 0.996. The van der Waals surface area contributed by atoms with Gasteiger partial charge in [0.25, 0.3) is 0 Å². The molecule has 0 amide bonds. The van der Waals surface area contributed by atoms with Crippen LogP contribution in [0.4, 0.5) is 11.4 Å². The van der Waals surface area contributed by atoms with Crippen LogP contribution in [0.5, 0.6) is 0 Å². The van der Waals surface area contributed by atoms with Crippen molar-refractivity contribution in [2.24, 2.45) is 0 Å². The van der Waals surface area contributed by atoms with Crippen LogP contribution in [-0.2, 0) is 0 Å². The summed E-state index contributed by atoms with van der Waals surface area (Å²) in [6, 6.07) is 7.25. The summed E-state index contributed by atoms with van der Waals surface area (Å²) >= 11 is 0. The summed E-state index contributed by atoms with van der Waals surface area (Å²) in [4.78, 5) is 0. The second kappa shape index (κ2) is 4.90. The van der Waals surface area contributed by atoms with Gasteiger partial charge in [0.1, 0.15) is 0 Å². The Kier molecular flexibility index (Phi) is 5.79. The minimum atomic E-state index is 0. The summed E-state index contributed by atoms with van der Waals surface area (Å²) in [5, 5.41) is 0. The molecule has 0 saturated heterocycles. The summed E-state index contributed by atoms with van der Waals surface area (Å²) in [5.41, 5.74) is 12.1. The van der Waals surface area contributed by atoms with E-state index in [1.807, 2.05) is 12.1 Å². The molecule has 4 heteroatoms. The van der Waals surface area contributed by atoms with E-state index in [2.05, 4.69) is 0 Å². The summed E-state index contributed by atoms with van der Waals surface area (Å²) in [6.07, 6.45) is 0. The first kappa shape index (κ1) is 11.8. The van der Waals surface area contributed by atoms with E-state index in [4.69, 9.17) is 11.5 Å². The summed E-state index contributed by atoms with van der Waals surface area (Å²) < 4.78 is 0. The fourth-order valence-electron chi connectivity index (χ4n) is 0.511. The van der Waals surface area contributed by atoms with Gasteiger partial charge in [-0.3, -0.25) is 0 Å². The number of para-hydroxylation sites is 2. The van der Waals surface area contributed by atoms with Crippen molar-refractivity contribution in [2.75, 3.05) is 11.5 Å². The van der Waals surface area contributed by atoms with Crippen molar-refractivity contribution in [1.29, 1.82) is 0 Å². The van der Waals surface area contributed by atoms with E-state index in [-0.39, 0.29) is 17.9 Å². The second-order valence-electron chi connectivity index (χ2n) is 1.63. The molecule has 1 aromatic carbocycles. The number of nitrogens with two attached hydrogens (primary N) is 2. The van der Waals surface area contributed by atoms with E-state index >= 15 is 0 Å². The summed E-state index contributed by atoms with van der Waals surface area (Å²) in [5.74, 6) is 0. The smallest absolute Gasteiger partial charge is 0.0547 e. The second-order valence-corrected chi connectivity index (χ2v) is 1.63. The SMILES string of the molecule is Cl.Nc1ccccc1N.O. The molecule has 0 aliphatic rings. The average molecular weight is 163 g/mol. The van der Waals surface area contributed by atoms with Crippen molar-refractivity contribution in [3.05, 3.63) is 24.3 Å². The molecular formula is C6H11ClN2O. The normalized spacial score (nSPS) is 7.20. The van der Waals surface area contributed by atoms with Gasteiger partial charge in [-0.25, -0.2) is 0 Å². The molecule has 0 aromatic heterocycles.